The lowest BCUT2D eigenvalue weighted by Gasteiger charge is -2.25. The molecule has 31 heavy (non-hydrogen) atoms. The average molecular weight is 480 g/mol. The van der Waals surface area contributed by atoms with E-state index in [2.05, 4.69) is 51.5 Å². The molecule has 1 aromatic carbocycles. The molecule has 0 saturated carbocycles. The topological polar surface area (TPSA) is 47.8 Å². The van der Waals surface area contributed by atoms with Crippen LogP contribution >= 0.6 is 34.7 Å². The second-order valence-electron chi connectivity index (χ2n) is 9.01. The largest absolute Gasteiger partial charge is 0.277 e. The summed E-state index contributed by atoms with van der Waals surface area (Å²) in [6, 6.07) is 5.59. The monoisotopic (exact) mass is 479 g/mol. The highest BCUT2D eigenvalue weighted by Gasteiger charge is 2.21. The maximum atomic E-state index is 13.0. The van der Waals surface area contributed by atoms with E-state index in [-0.39, 0.29) is 11.0 Å². The van der Waals surface area contributed by atoms with Gasteiger partial charge in [0.1, 0.15) is 11.0 Å². The van der Waals surface area contributed by atoms with Crippen LogP contribution in [0.4, 0.5) is 0 Å². The molecule has 7 heteroatoms. The number of para-hydroxylation sites is 1. The molecule has 0 aliphatic rings. The first-order valence-electron chi connectivity index (χ1n) is 10.9. The molecule has 2 aromatic heterocycles. The highest BCUT2D eigenvalue weighted by molar-refractivity contribution is 8.01. The van der Waals surface area contributed by atoms with Gasteiger partial charge in [-0.3, -0.25) is 9.36 Å². The van der Waals surface area contributed by atoms with E-state index in [1.807, 2.05) is 19.1 Å². The summed E-state index contributed by atoms with van der Waals surface area (Å²) in [6.07, 6.45) is 5.32. The standard InChI is InChI=1S/C20H24ClN3OS2.C4H10/c1-12(2)9-20(4,5)10-26-19-23-17-16(27-19)18(25)24(11-22-17)15-13(3)7-6-8-14(15)21;1-3-4-2/h6-8,11-12H,9-10H2,1-5H3;3-4H2,1-2H3. The number of fused-ring (bicyclic) bond motifs is 1. The third kappa shape index (κ3) is 7.06. The van der Waals surface area contributed by atoms with Crippen molar-refractivity contribution in [1.82, 2.24) is 14.5 Å². The highest BCUT2D eigenvalue weighted by Crippen LogP contribution is 2.35. The number of thioether (sulfide) groups is 1. The van der Waals surface area contributed by atoms with Crippen molar-refractivity contribution < 1.29 is 0 Å². The van der Waals surface area contributed by atoms with Crippen LogP contribution in [0, 0.1) is 18.3 Å². The molecule has 0 unspecified atom stereocenters. The molecule has 0 bridgehead atoms. The number of rotatable bonds is 7. The number of thiazole rings is 1. The molecule has 2 heterocycles. The molecule has 0 radical (unpaired) electrons. The summed E-state index contributed by atoms with van der Waals surface area (Å²) >= 11 is 9.45. The van der Waals surface area contributed by atoms with Crippen molar-refractivity contribution in [3.05, 3.63) is 45.5 Å². The number of nitrogens with zero attached hydrogens (tertiary/aromatic N) is 3. The highest BCUT2D eigenvalue weighted by atomic mass is 35.5. The van der Waals surface area contributed by atoms with Crippen LogP contribution in [-0.4, -0.2) is 20.3 Å². The van der Waals surface area contributed by atoms with Crippen molar-refractivity contribution in [2.45, 2.75) is 72.1 Å². The molecule has 3 aromatic rings. The SMILES string of the molecule is CCCC.Cc1cccc(Cl)c1-n1cnc2nc(SCC(C)(C)CC(C)C)sc2c1=O. The average Bonchev–Trinajstić information content (AvgIpc) is 3.11. The van der Waals surface area contributed by atoms with Crippen LogP contribution in [0.15, 0.2) is 33.7 Å². The summed E-state index contributed by atoms with van der Waals surface area (Å²) in [5.74, 6) is 1.62. The Morgan fingerprint density at radius 2 is 1.90 bits per heavy atom. The van der Waals surface area contributed by atoms with Gasteiger partial charge in [0.05, 0.1) is 10.7 Å². The van der Waals surface area contributed by atoms with E-state index in [9.17, 15) is 4.79 Å². The first-order chi connectivity index (χ1) is 14.6. The van der Waals surface area contributed by atoms with E-state index in [1.54, 1.807) is 17.8 Å². The molecule has 0 N–H and O–H groups in total. The second kappa shape index (κ2) is 11.5. The molecule has 3 rings (SSSR count). The van der Waals surface area contributed by atoms with Gasteiger partial charge in [-0.25, -0.2) is 9.97 Å². The Bertz CT molecular complexity index is 1030. The lowest BCUT2D eigenvalue weighted by molar-refractivity contribution is 0.328. The number of unbranched alkanes of at least 4 members (excludes halogenated alkanes) is 1. The van der Waals surface area contributed by atoms with Gasteiger partial charge in [-0.05, 0) is 36.3 Å². The number of hydrogen-bond acceptors (Lipinski definition) is 5. The number of hydrogen-bond donors (Lipinski definition) is 0. The van der Waals surface area contributed by atoms with Crippen LogP contribution in [0.2, 0.25) is 5.02 Å². The summed E-state index contributed by atoms with van der Waals surface area (Å²) in [5, 5.41) is 0.535. The van der Waals surface area contributed by atoms with Crippen molar-refractivity contribution in [3.63, 3.8) is 0 Å². The third-order valence-corrected chi connectivity index (χ3v) is 7.77. The van der Waals surface area contributed by atoms with Crippen LogP contribution in [0.3, 0.4) is 0 Å². The van der Waals surface area contributed by atoms with Gasteiger partial charge in [0.25, 0.3) is 5.56 Å². The third-order valence-electron chi connectivity index (χ3n) is 4.77. The Balaban J connectivity index is 0.000000785. The van der Waals surface area contributed by atoms with Crippen LogP contribution in [0.1, 0.15) is 66.4 Å². The van der Waals surface area contributed by atoms with Crippen molar-refractivity contribution in [1.29, 1.82) is 0 Å². The minimum atomic E-state index is -0.123. The molecule has 0 spiro atoms. The van der Waals surface area contributed by atoms with Gasteiger partial charge in [0.2, 0.25) is 0 Å². The van der Waals surface area contributed by atoms with Crippen molar-refractivity contribution in [2.24, 2.45) is 11.3 Å². The summed E-state index contributed by atoms with van der Waals surface area (Å²) in [7, 11) is 0. The first-order valence-corrected chi connectivity index (χ1v) is 13.0. The van der Waals surface area contributed by atoms with E-state index in [0.717, 1.165) is 22.1 Å². The summed E-state index contributed by atoms with van der Waals surface area (Å²) < 4.78 is 2.98. The van der Waals surface area contributed by atoms with Gasteiger partial charge in [0.15, 0.2) is 9.99 Å². The van der Waals surface area contributed by atoms with E-state index in [4.69, 9.17) is 11.6 Å². The molecular weight excluding hydrogens is 446 g/mol. The fourth-order valence-electron chi connectivity index (χ4n) is 3.36. The first kappa shape index (κ1) is 25.9. The molecule has 170 valence electrons. The quantitative estimate of drug-likeness (QED) is 0.324. The van der Waals surface area contributed by atoms with Crippen molar-refractivity contribution in [3.8, 4) is 5.69 Å². The lowest BCUT2D eigenvalue weighted by Crippen LogP contribution is -2.19. The Labute approximate surface area is 199 Å². The van der Waals surface area contributed by atoms with Crippen molar-refractivity contribution >= 4 is 45.0 Å². The molecule has 0 atom stereocenters. The minimum absolute atomic E-state index is 0.123. The van der Waals surface area contributed by atoms with Gasteiger partial charge in [-0.2, -0.15) is 0 Å². The number of benzene rings is 1. The zero-order valence-corrected chi connectivity index (χ0v) is 22.0. The zero-order valence-electron chi connectivity index (χ0n) is 19.7. The van der Waals surface area contributed by atoms with Crippen molar-refractivity contribution in [2.75, 3.05) is 5.75 Å². The van der Waals surface area contributed by atoms with Crippen LogP contribution in [0.25, 0.3) is 16.0 Å². The number of halogens is 1. The molecular formula is C24H34ClN3OS2. The van der Waals surface area contributed by atoms with Gasteiger partial charge in [0, 0.05) is 5.75 Å². The van der Waals surface area contributed by atoms with Gasteiger partial charge in [-0.15, -0.1) is 11.3 Å². The molecule has 0 fully saturated rings. The number of aromatic nitrogens is 3. The summed E-state index contributed by atoms with van der Waals surface area (Å²) in [5.41, 5.74) is 2.22. The second-order valence-corrected chi connectivity index (χ2v) is 11.6. The molecule has 4 nitrogen and oxygen atoms in total. The molecule has 0 aliphatic carbocycles. The fraction of sp³-hybridized carbons (Fsp3) is 0.542. The fourth-order valence-corrected chi connectivity index (χ4v) is 5.80. The Hall–Kier alpha value is -1.37. The predicted octanol–water partition coefficient (Wildman–Crippen LogP) is 7.77. The van der Waals surface area contributed by atoms with Crippen LogP contribution in [0.5, 0.6) is 0 Å². The molecule has 0 aliphatic heterocycles. The van der Waals surface area contributed by atoms with E-state index in [0.29, 0.717) is 27.0 Å². The van der Waals surface area contributed by atoms with Gasteiger partial charge < -0.3 is 0 Å². The van der Waals surface area contributed by atoms with E-state index >= 15 is 0 Å². The maximum Gasteiger partial charge on any atom is 0.277 e. The Morgan fingerprint density at radius 1 is 1.23 bits per heavy atom. The Kier molecular flexibility index (Phi) is 9.59. The predicted molar refractivity (Wildman–Crippen MR) is 137 cm³/mol. The normalized spacial score (nSPS) is 11.6. The van der Waals surface area contributed by atoms with Gasteiger partial charge >= 0.3 is 0 Å². The van der Waals surface area contributed by atoms with Crippen LogP contribution in [-0.2, 0) is 0 Å². The maximum absolute atomic E-state index is 13.0. The zero-order chi connectivity index (χ0) is 23.2. The summed E-state index contributed by atoms with van der Waals surface area (Å²) in [6.45, 7) is 15.3. The van der Waals surface area contributed by atoms with Gasteiger partial charge in [-0.1, -0.05) is 89.9 Å². The summed E-state index contributed by atoms with van der Waals surface area (Å²) in [4.78, 5) is 22.0. The molecule has 0 amide bonds. The lowest BCUT2D eigenvalue weighted by atomic mass is 9.86. The van der Waals surface area contributed by atoms with Crippen LogP contribution < -0.4 is 5.56 Å². The Morgan fingerprint density at radius 3 is 2.48 bits per heavy atom. The smallest absolute Gasteiger partial charge is 0.267 e. The van der Waals surface area contributed by atoms with E-state index in [1.165, 1.54) is 35.1 Å². The minimum Gasteiger partial charge on any atom is -0.267 e. The number of aryl methyl sites for hydroxylation is 1. The molecule has 0 saturated heterocycles. The van der Waals surface area contributed by atoms with E-state index < -0.39 is 0 Å².